The zero-order valence-electron chi connectivity index (χ0n) is 14.1. The molecule has 1 aromatic carbocycles. The van der Waals surface area contributed by atoms with E-state index in [1.54, 1.807) is 18.3 Å². The van der Waals surface area contributed by atoms with E-state index in [0.29, 0.717) is 5.56 Å². The summed E-state index contributed by atoms with van der Waals surface area (Å²) in [6, 6.07) is 8.90. The molecule has 0 saturated carbocycles. The molecule has 0 spiro atoms. The predicted octanol–water partition coefficient (Wildman–Crippen LogP) is 1.88. The summed E-state index contributed by atoms with van der Waals surface area (Å²) < 4.78 is 0. The van der Waals surface area contributed by atoms with Crippen LogP contribution in [0.4, 0.5) is 5.69 Å². The number of hydrogen-bond donors (Lipinski definition) is 3. The summed E-state index contributed by atoms with van der Waals surface area (Å²) in [6.45, 7) is 3.88. The maximum absolute atomic E-state index is 11.9. The van der Waals surface area contributed by atoms with Crippen molar-refractivity contribution in [3.63, 3.8) is 0 Å². The molecule has 1 heterocycles. The highest BCUT2D eigenvalue weighted by molar-refractivity contribution is 5.96. The van der Waals surface area contributed by atoms with Crippen molar-refractivity contribution in [3.05, 3.63) is 59.4 Å². The van der Waals surface area contributed by atoms with E-state index in [1.165, 1.54) is 6.20 Å². The number of carbonyl (C=O) groups is 3. The molecule has 0 bridgehead atoms. The number of hydrazine groups is 1. The number of hydrogen-bond acceptors (Lipinski definition) is 4. The van der Waals surface area contributed by atoms with Crippen molar-refractivity contribution >= 4 is 23.4 Å². The van der Waals surface area contributed by atoms with Gasteiger partial charge in [0.1, 0.15) is 0 Å². The molecular formula is C18H20N4O3. The number of carbonyl (C=O) groups excluding carboxylic acids is 3. The van der Waals surface area contributed by atoms with Crippen LogP contribution < -0.4 is 16.2 Å². The highest BCUT2D eigenvalue weighted by Gasteiger charge is 2.10. The Morgan fingerprint density at radius 2 is 1.76 bits per heavy atom. The molecule has 25 heavy (non-hydrogen) atoms. The summed E-state index contributed by atoms with van der Waals surface area (Å²) in [4.78, 5) is 39.2. The fourth-order valence-corrected chi connectivity index (χ4v) is 2.15. The van der Waals surface area contributed by atoms with Gasteiger partial charge in [0.05, 0.1) is 5.56 Å². The molecule has 0 aliphatic carbocycles. The van der Waals surface area contributed by atoms with Crippen molar-refractivity contribution < 1.29 is 14.4 Å². The van der Waals surface area contributed by atoms with Gasteiger partial charge >= 0.3 is 0 Å². The largest absolute Gasteiger partial charge is 0.326 e. The van der Waals surface area contributed by atoms with Gasteiger partial charge in [0.15, 0.2) is 0 Å². The van der Waals surface area contributed by atoms with E-state index in [4.69, 9.17) is 0 Å². The lowest BCUT2D eigenvalue weighted by Crippen LogP contribution is -2.41. The van der Waals surface area contributed by atoms with Gasteiger partial charge in [-0.25, -0.2) is 0 Å². The topological polar surface area (TPSA) is 100 Å². The van der Waals surface area contributed by atoms with Gasteiger partial charge in [-0.15, -0.1) is 0 Å². The first-order valence-corrected chi connectivity index (χ1v) is 7.82. The zero-order valence-corrected chi connectivity index (χ0v) is 14.1. The Morgan fingerprint density at radius 3 is 2.44 bits per heavy atom. The quantitative estimate of drug-likeness (QED) is 0.724. The third-order valence-electron chi connectivity index (χ3n) is 3.47. The average molecular weight is 340 g/mol. The number of nitrogens with one attached hydrogen (secondary N) is 3. The van der Waals surface area contributed by atoms with E-state index >= 15 is 0 Å². The van der Waals surface area contributed by atoms with Crippen LogP contribution >= 0.6 is 0 Å². The van der Waals surface area contributed by atoms with E-state index in [0.717, 1.165) is 16.8 Å². The Bertz CT molecular complexity index is 775. The lowest BCUT2D eigenvalue weighted by molar-refractivity contribution is -0.124. The molecule has 2 aromatic rings. The second kappa shape index (κ2) is 8.58. The molecule has 7 nitrogen and oxygen atoms in total. The molecule has 3 N–H and O–H groups in total. The molecule has 0 aliphatic heterocycles. The third-order valence-corrected chi connectivity index (χ3v) is 3.47. The second-order valence-electron chi connectivity index (χ2n) is 5.61. The molecule has 0 atom stereocenters. The minimum Gasteiger partial charge on any atom is -0.326 e. The van der Waals surface area contributed by atoms with E-state index in [9.17, 15) is 14.4 Å². The van der Waals surface area contributed by atoms with Gasteiger partial charge in [-0.2, -0.15) is 0 Å². The van der Waals surface area contributed by atoms with Gasteiger partial charge in [0.2, 0.25) is 11.8 Å². The molecule has 3 amide bonds. The summed E-state index contributed by atoms with van der Waals surface area (Å²) in [7, 11) is 0. The summed E-state index contributed by atoms with van der Waals surface area (Å²) in [5, 5.41) is 2.77. The van der Waals surface area contributed by atoms with Crippen LogP contribution in [-0.4, -0.2) is 22.7 Å². The van der Waals surface area contributed by atoms with Crippen molar-refractivity contribution in [2.45, 2.75) is 26.7 Å². The van der Waals surface area contributed by atoms with Gasteiger partial charge < -0.3 is 5.32 Å². The molecule has 0 radical (unpaired) electrons. The van der Waals surface area contributed by atoms with Gasteiger partial charge in [-0.1, -0.05) is 17.7 Å². The molecule has 7 heteroatoms. The normalized spacial score (nSPS) is 10.0. The monoisotopic (exact) mass is 340 g/mol. The fraction of sp³-hybridized carbons (Fsp3) is 0.222. The van der Waals surface area contributed by atoms with Crippen LogP contribution in [0.25, 0.3) is 0 Å². The van der Waals surface area contributed by atoms with Crippen molar-refractivity contribution in [2.24, 2.45) is 0 Å². The van der Waals surface area contributed by atoms with Crippen LogP contribution in [0.5, 0.6) is 0 Å². The lowest BCUT2D eigenvalue weighted by Gasteiger charge is -2.10. The molecule has 0 fully saturated rings. The molecule has 2 rings (SSSR count). The molecule has 0 aliphatic rings. The minimum atomic E-state index is -0.471. The summed E-state index contributed by atoms with van der Waals surface area (Å²) in [5.41, 5.74) is 7.67. The van der Waals surface area contributed by atoms with Crippen LogP contribution in [-0.2, 0) is 9.59 Å². The lowest BCUT2D eigenvalue weighted by atomic mass is 10.1. The van der Waals surface area contributed by atoms with E-state index in [2.05, 4.69) is 21.2 Å². The number of amides is 3. The molecule has 0 saturated heterocycles. The van der Waals surface area contributed by atoms with E-state index < -0.39 is 11.8 Å². The summed E-state index contributed by atoms with van der Waals surface area (Å²) in [6.07, 6.45) is 2.91. The Hall–Kier alpha value is -3.22. The SMILES string of the molecule is Cc1ccc(NC(=O)CCC(=O)NNC(=O)c2cccnc2)c(C)c1. The maximum atomic E-state index is 11.9. The van der Waals surface area contributed by atoms with E-state index in [1.807, 2.05) is 32.0 Å². The molecule has 1 aromatic heterocycles. The number of rotatable bonds is 5. The number of aromatic nitrogens is 1. The first-order valence-electron chi connectivity index (χ1n) is 7.82. The fourth-order valence-electron chi connectivity index (χ4n) is 2.15. The van der Waals surface area contributed by atoms with Crippen LogP contribution in [0.1, 0.15) is 34.3 Å². The molecule has 130 valence electrons. The third kappa shape index (κ3) is 5.72. The van der Waals surface area contributed by atoms with Crippen molar-refractivity contribution in [2.75, 3.05) is 5.32 Å². The smallest absolute Gasteiger partial charge is 0.271 e. The van der Waals surface area contributed by atoms with Crippen molar-refractivity contribution in [1.29, 1.82) is 0 Å². The Balaban J connectivity index is 1.74. The molecular weight excluding hydrogens is 320 g/mol. The van der Waals surface area contributed by atoms with Gasteiger partial charge in [0, 0.05) is 30.9 Å². The first-order chi connectivity index (χ1) is 12.0. The number of pyridine rings is 1. The number of nitrogens with zero attached hydrogens (tertiary/aromatic N) is 1. The van der Waals surface area contributed by atoms with Crippen LogP contribution in [0, 0.1) is 13.8 Å². The average Bonchev–Trinajstić information content (AvgIpc) is 2.61. The van der Waals surface area contributed by atoms with Crippen molar-refractivity contribution in [3.8, 4) is 0 Å². The van der Waals surface area contributed by atoms with Crippen LogP contribution in [0.3, 0.4) is 0 Å². The highest BCUT2D eigenvalue weighted by Crippen LogP contribution is 2.16. The standard InChI is InChI=1S/C18H20N4O3/c1-12-5-6-15(13(2)10-12)20-16(23)7-8-17(24)21-22-18(25)14-4-3-9-19-11-14/h3-6,9-11H,7-8H2,1-2H3,(H,20,23)(H,21,24)(H,22,25). The summed E-state index contributed by atoms with van der Waals surface area (Å²) in [5.74, 6) is -1.19. The molecule has 0 unspecified atom stereocenters. The Morgan fingerprint density at radius 1 is 1.00 bits per heavy atom. The number of benzene rings is 1. The number of aryl methyl sites for hydroxylation is 2. The van der Waals surface area contributed by atoms with Crippen molar-refractivity contribution in [1.82, 2.24) is 15.8 Å². The first kappa shape index (κ1) is 18.1. The highest BCUT2D eigenvalue weighted by atomic mass is 16.2. The van der Waals surface area contributed by atoms with Crippen LogP contribution in [0.15, 0.2) is 42.7 Å². The zero-order chi connectivity index (χ0) is 18.2. The Kier molecular flexibility index (Phi) is 6.22. The maximum Gasteiger partial charge on any atom is 0.271 e. The van der Waals surface area contributed by atoms with Gasteiger partial charge in [-0.05, 0) is 37.6 Å². The number of anilines is 1. The van der Waals surface area contributed by atoms with Gasteiger partial charge in [0.25, 0.3) is 5.91 Å². The second-order valence-corrected chi connectivity index (χ2v) is 5.61. The Labute approximate surface area is 145 Å². The van der Waals surface area contributed by atoms with E-state index in [-0.39, 0.29) is 18.7 Å². The van der Waals surface area contributed by atoms with Crippen LogP contribution in [0.2, 0.25) is 0 Å². The summed E-state index contributed by atoms with van der Waals surface area (Å²) >= 11 is 0. The minimum absolute atomic E-state index is 0.0158. The predicted molar refractivity (Wildman–Crippen MR) is 93.6 cm³/mol. The van der Waals surface area contributed by atoms with Gasteiger partial charge in [-0.3, -0.25) is 30.2 Å².